The van der Waals surface area contributed by atoms with Crippen molar-refractivity contribution in [3.63, 3.8) is 0 Å². The molecule has 0 bridgehead atoms. The van der Waals surface area contributed by atoms with Gasteiger partial charge in [-0.25, -0.2) is 0 Å². The molecule has 1 rings (SSSR count). The third-order valence-electron chi connectivity index (χ3n) is 2.55. The maximum absolute atomic E-state index is 10.8. The molecular weight excluding hydrogens is 178 g/mol. The Labute approximate surface area is 86.1 Å². The highest BCUT2D eigenvalue weighted by Crippen LogP contribution is 2.21. The molecule has 1 N–H and O–H groups in total. The first-order valence-electron chi connectivity index (χ1n) is 5.34. The van der Waals surface area contributed by atoms with Gasteiger partial charge in [-0.2, -0.15) is 0 Å². The van der Waals surface area contributed by atoms with E-state index in [-0.39, 0.29) is 11.3 Å². The number of carbonyl (C=O) groups is 1. The zero-order valence-corrected chi connectivity index (χ0v) is 9.42. The smallest absolute Gasteiger partial charge is 0.307 e. The van der Waals surface area contributed by atoms with Crippen LogP contribution < -0.4 is 0 Å². The summed E-state index contributed by atoms with van der Waals surface area (Å²) in [6.45, 7) is 9.36. The Balaban J connectivity index is 2.44. The zero-order valence-electron chi connectivity index (χ0n) is 9.42. The quantitative estimate of drug-likeness (QED) is 0.737. The first-order valence-corrected chi connectivity index (χ1v) is 5.34. The number of nitrogens with zero attached hydrogens (tertiary/aromatic N) is 1. The van der Waals surface area contributed by atoms with E-state index in [1.165, 1.54) is 0 Å². The molecule has 1 aliphatic rings. The van der Waals surface area contributed by atoms with Crippen LogP contribution in [0.15, 0.2) is 0 Å². The Morgan fingerprint density at radius 1 is 1.50 bits per heavy atom. The molecule has 0 amide bonds. The van der Waals surface area contributed by atoms with Gasteiger partial charge in [0.2, 0.25) is 0 Å². The summed E-state index contributed by atoms with van der Waals surface area (Å²) in [5.74, 6) is -0.783. The second kappa shape index (κ2) is 4.30. The van der Waals surface area contributed by atoms with Crippen molar-refractivity contribution in [3.05, 3.63) is 0 Å². The number of hydrogen-bond acceptors (Lipinski definition) is 2. The van der Waals surface area contributed by atoms with Crippen LogP contribution in [0.5, 0.6) is 0 Å². The highest BCUT2D eigenvalue weighted by molar-refractivity contribution is 5.70. The van der Waals surface area contributed by atoms with Crippen molar-refractivity contribution in [2.75, 3.05) is 19.6 Å². The summed E-state index contributed by atoms with van der Waals surface area (Å²) in [6.07, 6.45) is 1.86. The number of likely N-dealkylation sites (tertiary alicyclic amines) is 1. The van der Waals surface area contributed by atoms with Gasteiger partial charge in [-0.05, 0) is 24.8 Å². The molecule has 1 fully saturated rings. The van der Waals surface area contributed by atoms with Gasteiger partial charge in [-0.1, -0.05) is 20.8 Å². The number of rotatable bonds is 2. The van der Waals surface area contributed by atoms with E-state index in [0.717, 1.165) is 32.5 Å². The van der Waals surface area contributed by atoms with E-state index in [2.05, 4.69) is 25.7 Å². The van der Waals surface area contributed by atoms with Crippen LogP contribution in [0.2, 0.25) is 0 Å². The lowest BCUT2D eigenvalue weighted by atomic mass is 9.92. The lowest BCUT2D eigenvalue weighted by Crippen LogP contribution is -2.42. The van der Waals surface area contributed by atoms with Crippen LogP contribution >= 0.6 is 0 Å². The number of piperidine rings is 1. The molecule has 3 heteroatoms. The lowest BCUT2D eigenvalue weighted by Gasteiger charge is -2.35. The molecule has 1 unspecified atom stereocenters. The van der Waals surface area contributed by atoms with Gasteiger partial charge in [0.05, 0.1) is 5.92 Å². The minimum Gasteiger partial charge on any atom is -0.481 e. The molecule has 1 aliphatic heterocycles. The van der Waals surface area contributed by atoms with E-state index >= 15 is 0 Å². The Bertz CT molecular complexity index is 208. The third-order valence-corrected chi connectivity index (χ3v) is 2.55. The Morgan fingerprint density at radius 2 is 2.14 bits per heavy atom. The summed E-state index contributed by atoms with van der Waals surface area (Å²) in [6, 6.07) is 0. The predicted octanol–water partition coefficient (Wildman–Crippen LogP) is 1.83. The molecular formula is C11H21NO2. The first-order chi connectivity index (χ1) is 6.38. The molecule has 3 nitrogen and oxygen atoms in total. The molecule has 0 aliphatic carbocycles. The molecule has 1 heterocycles. The maximum atomic E-state index is 10.8. The second-order valence-electron chi connectivity index (χ2n) is 5.47. The third kappa shape index (κ3) is 3.66. The Hall–Kier alpha value is -0.570. The first kappa shape index (κ1) is 11.5. The molecule has 14 heavy (non-hydrogen) atoms. The van der Waals surface area contributed by atoms with Gasteiger partial charge in [0.15, 0.2) is 0 Å². The van der Waals surface area contributed by atoms with Gasteiger partial charge >= 0.3 is 5.97 Å². The van der Waals surface area contributed by atoms with E-state index in [0.29, 0.717) is 0 Å². The molecule has 0 spiro atoms. The summed E-state index contributed by atoms with van der Waals surface area (Å²) >= 11 is 0. The topological polar surface area (TPSA) is 40.5 Å². The summed E-state index contributed by atoms with van der Waals surface area (Å²) in [5.41, 5.74) is 0.264. The van der Waals surface area contributed by atoms with Crippen LogP contribution in [-0.4, -0.2) is 35.6 Å². The number of carboxylic acids is 1. The fourth-order valence-electron chi connectivity index (χ4n) is 2.07. The standard InChI is InChI=1S/C11H21NO2/c1-11(2,3)8-12-6-4-5-9(7-12)10(13)14/h9H,4-8H2,1-3H3,(H,13,14). The van der Waals surface area contributed by atoms with Crippen molar-refractivity contribution in [2.45, 2.75) is 33.6 Å². The summed E-state index contributed by atoms with van der Waals surface area (Å²) < 4.78 is 0. The molecule has 0 aromatic rings. The van der Waals surface area contributed by atoms with Gasteiger partial charge < -0.3 is 10.0 Å². The van der Waals surface area contributed by atoms with E-state index in [1.54, 1.807) is 0 Å². The zero-order chi connectivity index (χ0) is 10.8. The van der Waals surface area contributed by atoms with Crippen molar-refractivity contribution in [1.29, 1.82) is 0 Å². The maximum Gasteiger partial charge on any atom is 0.307 e. The number of aliphatic carboxylic acids is 1. The van der Waals surface area contributed by atoms with Crippen molar-refractivity contribution >= 4 is 5.97 Å². The molecule has 1 saturated heterocycles. The Morgan fingerprint density at radius 3 is 2.64 bits per heavy atom. The van der Waals surface area contributed by atoms with Gasteiger partial charge in [0.1, 0.15) is 0 Å². The molecule has 82 valence electrons. The molecule has 1 atom stereocenters. The van der Waals surface area contributed by atoms with Crippen LogP contribution in [0.25, 0.3) is 0 Å². The van der Waals surface area contributed by atoms with E-state index in [1.807, 2.05) is 0 Å². The van der Waals surface area contributed by atoms with Crippen LogP contribution in [0.3, 0.4) is 0 Å². The van der Waals surface area contributed by atoms with Gasteiger partial charge in [0, 0.05) is 13.1 Å². The SMILES string of the molecule is CC(C)(C)CN1CCCC(C(=O)O)C1. The van der Waals surface area contributed by atoms with Gasteiger partial charge in [-0.15, -0.1) is 0 Å². The van der Waals surface area contributed by atoms with E-state index < -0.39 is 5.97 Å². The Kier molecular flexibility index (Phi) is 3.53. The van der Waals surface area contributed by atoms with Crippen molar-refractivity contribution in [1.82, 2.24) is 4.90 Å². The van der Waals surface area contributed by atoms with Crippen molar-refractivity contribution in [2.24, 2.45) is 11.3 Å². The van der Waals surface area contributed by atoms with Gasteiger partial charge in [-0.3, -0.25) is 4.79 Å². The minimum absolute atomic E-state index is 0.147. The fraction of sp³-hybridized carbons (Fsp3) is 0.909. The van der Waals surface area contributed by atoms with Crippen LogP contribution in [0.4, 0.5) is 0 Å². The predicted molar refractivity (Wildman–Crippen MR) is 56.3 cm³/mol. The van der Waals surface area contributed by atoms with Crippen molar-refractivity contribution in [3.8, 4) is 0 Å². The highest BCUT2D eigenvalue weighted by atomic mass is 16.4. The summed E-state index contributed by atoms with van der Waals surface area (Å²) in [7, 11) is 0. The van der Waals surface area contributed by atoms with E-state index in [4.69, 9.17) is 5.11 Å². The molecule has 0 saturated carbocycles. The molecule has 0 radical (unpaired) electrons. The summed E-state index contributed by atoms with van der Waals surface area (Å²) in [5, 5.41) is 8.93. The molecule has 0 aromatic heterocycles. The van der Waals surface area contributed by atoms with Gasteiger partial charge in [0.25, 0.3) is 0 Å². The number of carboxylic acid groups (broad SMARTS) is 1. The fourth-order valence-corrected chi connectivity index (χ4v) is 2.07. The highest BCUT2D eigenvalue weighted by Gasteiger charge is 2.27. The van der Waals surface area contributed by atoms with Crippen molar-refractivity contribution < 1.29 is 9.90 Å². The van der Waals surface area contributed by atoms with Crippen LogP contribution in [-0.2, 0) is 4.79 Å². The largest absolute Gasteiger partial charge is 0.481 e. The minimum atomic E-state index is -0.636. The number of hydrogen-bond donors (Lipinski definition) is 1. The van der Waals surface area contributed by atoms with Crippen LogP contribution in [0.1, 0.15) is 33.6 Å². The average Bonchev–Trinajstić information content (AvgIpc) is 2.01. The van der Waals surface area contributed by atoms with E-state index in [9.17, 15) is 4.79 Å². The molecule has 0 aromatic carbocycles. The monoisotopic (exact) mass is 199 g/mol. The summed E-state index contributed by atoms with van der Waals surface area (Å²) in [4.78, 5) is 13.1. The normalized spacial score (nSPS) is 24.9. The lowest BCUT2D eigenvalue weighted by molar-refractivity contribution is -0.143. The second-order valence-corrected chi connectivity index (χ2v) is 5.47. The van der Waals surface area contributed by atoms with Crippen LogP contribution in [0, 0.1) is 11.3 Å². The average molecular weight is 199 g/mol.